The van der Waals surface area contributed by atoms with Gasteiger partial charge in [-0.15, -0.1) is 0 Å². The maximum atomic E-state index is 12.9. The number of halogens is 1. The van der Waals surface area contributed by atoms with Crippen molar-refractivity contribution >= 4 is 40.0 Å². The molecule has 0 aliphatic heterocycles. The highest BCUT2D eigenvalue weighted by molar-refractivity contribution is 6.35. The summed E-state index contributed by atoms with van der Waals surface area (Å²) in [4.78, 5) is 26.8. The molecule has 7 nitrogen and oxygen atoms in total. The van der Waals surface area contributed by atoms with Gasteiger partial charge < -0.3 is 9.15 Å². The van der Waals surface area contributed by atoms with Crippen molar-refractivity contribution in [1.29, 1.82) is 0 Å². The van der Waals surface area contributed by atoms with Crippen LogP contribution in [0.15, 0.2) is 57.7 Å². The van der Waals surface area contributed by atoms with Crippen molar-refractivity contribution in [3.63, 3.8) is 0 Å². The average molecular weight is 450 g/mol. The van der Waals surface area contributed by atoms with Gasteiger partial charge >= 0.3 is 0 Å². The molecule has 162 valence electrons. The van der Waals surface area contributed by atoms with E-state index < -0.39 is 0 Å². The van der Waals surface area contributed by atoms with Crippen LogP contribution in [0.2, 0.25) is 5.02 Å². The van der Waals surface area contributed by atoms with E-state index in [-0.39, 0.29) is 16.4 Å². The van der Waals surface area contributed by atoms with Crippen LogP contribution in [-0.4, -0.2) is 23.2 Å². The molecule has 2 aromatic carbocycles. The first kappa shape index (κ1) is 20.3. The number of hydrogen-bond acceptors (Lipinski definition) is 5. The van der Waals surface area contributed by atoms with E-state index in [9.17, 15) is 9.59 Å². The smallest absolute Gasteiger partial charge is 0.229 e. The fourth-order valence-electron chi connectivity index (χ4n) is 3.73. The molecule has 4 aromatic rings. The van der Waals surface area contributed by atoms with E-state index in [0.29, 0.717) is 39.9 Å². The van der Waals surface area contributed by atoms with Gasteiger partial charge in [0.2, 0.25) is 5.91 Å². The number of carbonyl (C=O) groups excluding carboxylic acids is 1. The minimum Gasteiger partial charge on any atom is -0.497 e. The van der Waals surface area contributed by atoms with Crippen LogP contribution >= 0.6 is 11.6 Å². The third-order valence-electron chi connectivity index (χ3n) is 5.56. The van der Waals surface area contributed by atoms with Gasteiger partial charge in [0.05, 0.1) is 23.2 Å². The zero-order valence-corrected chi connectivity index (χ0v) is 18.3. The van der Waals surface area contributed by atoms with Crippen LogP contribution in [0.1, 0.15) is 31.4 Å². The van der Waals surface area contributed by atoms with Crippen LogP contribution in [0.3, 0.4) is 0 Å². The summed E-state index contributed by atoms with van der Waals surface area (Å²) in [6.45, 7) is 1.43. The Labute approximate surface area is 188 Å². The third kappa shape index (κ3) is 3.65. The Kier molecular flexibility index (Phi) is 4.98. The molecule has 2 aromatic heterocycles. The van der Waals surface area contributed by atoms with E-state index in [0.717, 1.165) is 24.1 Å². The molecule has 0 spiro atoms. The summed E-state index contributed by atoms with van der Waals surface area (Å²) in [7, 11) is 1.59. The average Bonchev–Trinajstić information content (AvgIpc) is 3.52. The number of rotatable bonds is 5. The molecule has 8 heteroatoms. The Morgan fingerprint density at radius 2 is 1.94 bits per heavy atom. The van der Waals surface area contributed by atoms with Crippen molar-refractivity contribution in [2.45, 2.75) is 25.7 Å². The quantitative estimate of drug-likeness (QED) is 0.440. The third-order valence-corrected chi connectivity index (χ3v) is 5.86. The first-order chi connectivity index (χ1) is 15.4. The minimum absolute atomic E-state index is 0.237. The van der Waals surface area contributed by atoms with E-state index in [1.165, 1.54) is 17.9 Å². The second-order valence-corrected chi connectivity index (χ2v) is 8.22. The summed E-state index contributed by atoms with van der Waals surface area (Å²) in [5.74, 6) is 1.76. The van der Waals surface area contributed by atoms with Gasteiger partial charge in [-0.05, 0) is 43.2 Å². The van der Waals surface area contributed by atoms with Crippen molar-refractivity contribution < 1.29 is 13.9 Å². The Bertz CT molecular complexity index is 1390. The fourth-order valence-corrected chi connectivity index (χ4v) is 3.97. The van der Waals surface area contributed by atoms with Gasteiger partial charge in [-0.3, -0.25) is 19.6 Å². The molecule has 32 heavy (non-hydrogen) atoms. The summed E-state index contributed by atoms with van der Waals surface area (Å²) in [5.41, 5.74) is 2.21. The molecule has 0 bridgehead atoms. The number of nitrogens with zero attached hydrogens (tertiary/aromatic N) is 2. The lowest BCUT2D eigenvalue weighted by molar-refractivity contribution is -0.115. The molecule has 1 fully saturated rings. The summed E-state index contributed by atoms with van der Waals surface area (Å²) >= 11 is 6.55. The Morgan fingerprint density at radius 1 is 1.19 bits per heavy atom. The number of fused-ring (bicyclic) bond motifs is 1. The van der Waals surface area contributed by atoms with Crippen LogP contribution < -0.4 is 15.1 Å². The largest absolute Gasteiger partial charge is 0.497 e. The topological polar surface area (TPSA) is 88.4 Å². The molecule has 1 amide bonds. The summed E-state index contributed by atoms with van der Waals surface area (Å²) < 4.78 is 11.2. The van der Waals surface area contributed by atoms with Crippen LogP contribution in [0.5, 0.6) is 5.75 Å². The highest BCUT2D eigenvalue weighted by atomic mass is 35.5. The SMILES string of the molecule is COc1ccc(-c2cc(=O)c3cc(N(C(C)=O)c4cc(C5CC5)[nH]n4)c(Cl)cc3o2)cc1. The molecule has 0 radical (unpaired) electrons. The zero-order valence-electron chi connectivity index (χ0n) is 17.5. The first-order valence-corrected chi connectivity index (χ1v) is 10.6. The van der Waals surface area contributed by atoms with Crippen molar-refractivity contribution in [1.82, 2.24) is 10.2 Å². The number of carbonyl (C=O) groups is 1. The number of ether oxygens (including phenoxy) is 1. The second-order valence-electron chi connectivity index (χ2n) is 7.81. The predicted octanol–water partition coefficient (Wildman–Crippen LogP) is 5.41. The molecule has 0 atom stereocenters. The number of benzene rings is 2. The van der Waals surface area contributed by atoms with E-state index in [2.05, 4.69) is 10.2 Å². The summed E-state index contributed by atoms with van der Waals surface area (Å²) in [6, 6.07) is 13.6. The normalized spacial score (nSPS) is 13.3. The fraction of sp³-hybridized carbons (Fsp3) is 0.208. The van der Waals surface area contributed by atoms with Crippen molar-refractivity contribution in [2.24, 2.45) is 0 Å². The van der Waals surface area contributed by atoms with Crippen LogP contribution in [0, 0.1) is 0 Å². The van der Waals surface area contributed by atoms with E-state index in [1.807, 2.05) is 18.2 Å². The second kappa shape index (κ2) is 7.84. The number of aromatic amines is 1. The zero-order chi connectivity index (χ0) is 22.4. The van der Waals surface area contributed by atoms with Crippen molar-refractivity contribution in [3.8, 4) is 17.1 Å². The number of amides is 1. The first-order valence-electron chi connectivity index (χ1n) is 10.2. The monoisotopic (exact) mass is 449 g/mol. The Balaban J connectivity index is 1.59. The highest BCUT2D eigenvalue weighted by Crippen LogP contribution is 2.41. The lowest BCUT2D eigenvalue weighted by Gasteiger charge is -2.20. The molecule has 1 N–H and O–H groups in total. The molecule has 0 saturated heterocycles. The molecular weight excluding hydrogens is 430 g/mol. The Hall–Kier alpha value is -3.58. The van der Waals surface area contributed by atoms with Gasteiger partial charge in [0.1, 0.15) is 17.1 Å². The summed E-state index contributed by atoms with van der Waals surface area (Å²) in [6.07, 6.45) is 2.21. The van der Waals surface area contributed by atoms with Crippen LogP contribution in [-0.2, 0) is 4.79 Å². The van der Waals surface area contributed by atoms with Gasteiger partial charge in [-0.2, -0.15) is 5.10 Å². The van der Waals surface area contributed by atoms with Gasteiger partial charge in [-0.1, -0.05) is 11.6 Å². The van der Waals surface area contributed by atoms with Gasteiger partial charge in [0, 0.05) is 42.3 Å². The maximum Gasteiger partial charge on any atom is 0.229 e. The predicted molar refractivity (Wildman–Crippen MR) is 123 cm³/mol. The van der Waals surface area contributed by atoms with Crippen LogP contribution in [0.4, 0.5) is 11.5 Å². The number of H-pyrrole nitrogens is 1. The molecule has 1 aliphatic carbocycles. The number of nitrogens with one attached hydrogen (secondary N) is 1. The number of hydrogen-bond donors (Lipinski definition) is 1. The van der Waals surface area contributed by atoms with Gasteiger partial charge in [0.15, 0.2) is 11.2 Å². The molecule has 2 heterocycles. The lowest BCUT2D eigenvalue weighted by atomic mass is 10.1. The number of methoxy groups -OCH3 is 1. The molecule has 5 rings (SSSR count). The minimum atomic E-state index is -0.265. The molecule has 0 unspecified atom stereocenters. The van der Waals surface area contributed by atoms with E-state index >= 15 is 0 Å². The lowest BCUT2D eigenvalue weighted by Crippen LogP contribution is -2.23. The van der Waals surface area contributed by atoms with E-state index in [1.54, 1.807) is 31.4 Å². The molecule has 1 aliphatic rings. The Morgan fingerprint density at radius 3 is 2.59 bits per heavy atom. The number of anilines is 2. The molecule has 1 saturated carbocycles. The van der Waals surface area contributed by atoms with E-state index in [4.69, 9.17) is 20.8 Å². The molecular formula is C24H20ClN3O4. The van der Waals surface area contributed by atoms with Crippen molar-refractivity contribution in [3.05, 3.63) is 69.5 Å². The number of aromatic nitrogens is 2. The standard InChI is InChI=1S/C24H20ClN3O4/c1-13(29)28(24-11-19(26-27-24)14-3-4-14)20-9-17-21(30)12-22(32-23(17)10-18(20)25)15-5-7-16(31-2)8-6-15/h5-12,14H,3-4H2,1-2H3,(H,26,27). The highest BCUT2D eigenvalue weighted by Gasteiger charge is 2.28. The maximum absolute atomic E-state index is 12.9. The van der Waals surface area contributed by atoms with Gasteiger partial charge in [0.25, 0.3) is 0 Å². The summed E-state index contributed by atoms with van der Waals surface area (Å²) in [5, 5.41) is 7.90. The van der Waals surface area contributed by atoms with Crippen molar-refractivity contribution in [2.75, 3.05) is 12.0 Å². The van der Waals surface area contributed by atoms with Gasteiger partial charge in [-0.25, -0.2) is 0 Å². The van der Waals surface area contributed by atoms with Crippen LogP contribution in [0.25, 0.3) is 22.3 Å².